The third-order valence-corrected chi connectivity index (χ3v) is 19.9. The third kappa shape index (κ3) is 4.73. The van der Waals surface area contributed by atoms with Gasteiger partial charge in [-0.05, 0) is 122 Å². The maximum atomic E-state index is 13.9. The van der Waals surface area contributed by atoms with Gasteiger partial charge >= 0.3 is 5.97 Å². The van der Waals surface area contributed by atoms with Gasteiger partial charge in [0.15, 0.2) is 8.32 Å². The molecular formula is C38H64O4Si. The molecule has 4 saturated carbocycles. The Morgan fingerprint density at radius 2 is 1.60 bits per heavy atom. The molecule has 5 rings (SSSR count). The Morgan fingerprint density at radius 1 is 0.953 bits per heavy atom. The Bertz CT molecular complexity index is 1180. The normalized spacial score (nSPS) is 44.3. The summed E-state index contributed by atoms with van der Waals surface area (Å²) in [5, 5.41) is 0.127. The van der Waals surface area contributed by atoms with Gasteiger partial charge in [-0.3, -0.25) is 9.59 Å². The molecule has 5 aliphatic carbocycles. The Balaban J connectivity index is 1.52. The first-order valence-electron chi connectivity index (χ1n) is 17.7. The van der Waals surface area contributed by atoms with E-state index >= 15 is 0 Å². The first kappa shape index (κ1) is 33.4. The summed E-state index contributed by atoms with van der Waals surface area (Å²) in [7, 11) is -1.98. The van der Waals surface area contributed by atoms with Crippen LogP contribution in [0.4, 0.5) is 0 Å². The van der Waals surface area contributed by atoms with Gasteiger partial charge in [0, 0.05) is 13.0 Å². The van der Waals surface area contributed by atoms with Crippen molar-refractivity contribution in [2.24, 2.45) is 50.2 Å². The zero-order valence-electron chi connectivity index (χ0n) is 29.9. The molecule has 0 aliphatic heterocycles. The predicted octanol–water partition coefficient (Wildman–Crippen LogP) is 9.92. The highest BCUT2D eigenvalue weighted by atomic mass is 28.4. The molecule has 0 aromatic rings. The lowest BCUT2D eigenvalue weighted by atomic mass is 9.33. The highest BCUT2D eigenvalue weighted by Gasteiger charge is 2.70. The maximum Gasteiger partial charge on any atom is 0.312 e. The van der Waals surface area contributed by atoms with Gasteiger partial charge in [0.2, 0.25) is 0 Å². The van der Waals surface area contributed by atoms with E-state index in [2.05, 4.69) is 81.5 Å². The second kappa shape index (κ2) is 10.3. The van der Waals surface area contributed by atoms with Crippen LogP contribution < -0.4 is 0 Å². The third-order valence-electron chi connectivity index (χ3n) is 15.4. The number of hydrogen-bond donors (Lipinski definition) is 0. The Hall–Kier alpha value is -0.943. The fraction of sp³-hybridized carbons (Fsp3) is 0.895. The van der Waals surface area contributed by atoms with Crippen molar-refractivity contribution in [1.29, 1.82) is 0 Å². The highest BCUT2D eigenvalue weighted by molar-refractivity contribution is 6.74. The van der Waals surface area contributed by atoms with Crippen LogP contribution in [0.5, 0.6) is 0 Å². The van der Waals surface area contributed by atoms with Crippen LogP contribution in [0, 0.1) is 50.2 Å². The lowest BCUT2D eigenvalue weighted by molar-refractivity contribution is -0.195. The summed E-state index contributed by atoms with van der Waals surface area (Å²) >= 11 is 0. The predicted molar refractivity (Wildman–Crippen MR) is 178 cm³/mol. The van der Waals surface area contributed by atoms with Crippen molar-refractivity contribution in [2.45, 2.75) is 152 Å². The average molecular weight is 613 g/mol. The van der Waals surface area contributed by atoms with Gasteiger partial charge < -0.3 is 9.16 Å². The molecule has 0 saturated heterocycles. The van der Waals surface area contributed by atoms with Crippen LogP contribution in [-0.2, 0) is 18.8 Å². The Kier molecular flexibility index (Phi) is 7.99. The summed E-state index contributed by atoms with van der Waals surface area (Å²) < 4.78 is 12.7. The largest absolute Gasteiger partial charge is 0.466 e. The van der Waals surface area contributed by atoms with Gasteiger partial charge in [-0.1, -0.05) is 74.0 Å². The topological polar surface area (TPSA) is 52.6 Å². The lowest BCUT2D eigenvalue weighted by Gasteiger charge is -2.70. The van der Waals surface area contributed by atoms with Crippen molar-refractivity contribution >= 4 is 20.1 Å². The molecule has 0 aromatic carbocycles. The first-order valence-corrected chi connectivity index (χ1v) is 20.6. The van der Waals surface area contributed by atoms with Gasteiger partial charge in [0.25, 0.3) is 0 Å². The molecule has 0 N–H and O–H groups in total. The molecule has 43 heavy (non-hydrogen) atoms. The van der Waals surface area contributed by atoms with Crippen LogP contribution in [0.15, 0.2) is 11.6 Å². The summed E-state index contributed by atoms with van der Waals surface area (Å²) in [5.41, 5.74) is 1.33. The molecule has 0 heterocycles. The standard InChI is InChI=1S/C38H64O4Si/c1-13-41-31(40)38-22-20-33(5,6)24-27(38)26-14-15-29-34(7)18-17-30(39)35(8,25-42-43(11,12)32(2,3)4)28(34)16-19-37(29,10)36(26,9)21-23-38/h14,27-29H,13,15-25H2,1-12H3/t27?,28?,29?,34-,35-,36+,37+,38-/m0/s1. The smallest absolute Gasteiger partial charge is 0.312 e. The molecule has 0 radical (unpaired) electrons. The SMILES string of the molecule is CCOC(=O)[C@]12CCC(C)(C)CC1C1=CCC3[C@@]4(C)CCC(=O)[C@@](C)(CO[Si](C)(C)C(C)(C)C)C4CC[C@@]3(C)[C@]1(C)CC2. The quantitative estimate of drug-likeness (QED) is 0.176. The Morgan fingerprint density at radius 3 is 2.23 bits per heavy atom. The number of ether oxygens (including phenoxy) is 1. The Labute approximate surface area is 265 Å². The molecule has 0 spiro atoms. The van der Waals surface area contributed by atoms with E-state index in [1.807, 2.05) is 6.92 Å². The van der Waals surface area contributed by atoms with E-state index in [1.165, 1.54) is 0 Å². The number of hydrogen-bond acceptors (Lipinski definition) is 4. The molecule has 3 unspecified atom stereocenters. The molecule has 5 aliphatic rings. The second-order valence-corrected chi connectivity index (χ2v) is 23.8. The number of fused-ring (bicyclic) bond motifs is 7. The molecule has 5 heteroatoms. The van der Waals surface area contributed by atoms with Crippen LogP contribution >= 0.6 is 0 Å². The number of carbonyl (C=O) groups excluding carboxylic acids is 2. The summed E-state index contributed by atoms with van der Waals surface area (Å²) in [4.78, 5) is 27.6. The molecule has 4 fully saturated rings. The van der Waals surface area contributed by atoms with E-state index in [-0.39, 0.29) is 44.0 Å². The van der Waals surface area contributed by atoms with Gasteiger partial charge in [-0.15, -0.1) is 0 Å². The van der Waals surface area contributed by atoms with Crippen molar-refractivity contribution in [3.63, 3.8) is 0 Å². The minimum atomic E-state index is -1.98. The van der Waals surface area contributed by atoms with Gasteiger partial charge in [0.05, 0.1) is 17.4 Å². The monoisotopic (exact) mass is 612 g/mol. The molecule has 8 atom stereocenters. The van der Waals surface area contributed by atoms with Crippen LogP contribution in [0.3, 0.4) is 0 Å². The average Bonchev–Trinajstić information content (AvgIpc) is 2.89. The molecule has 244 valence electrons. The first-order chi connectivity index (χ1) is 19.6. The lowest BCUT2D eigenvalue weighted by Crippen LogP contribution is -2.65. The van der Waals surface area contributed by atoms with E-state index in [1.54, 1.807) is 5.57 Å². The van der Waals surface area contributed by atoms with Gasteiger partial charge in [-0.25, -0.2) is 0 Å². The van der Waals surface area contributed by atoms with E-state index in [0.29, 0.717) is 37.3 Å². The number of esters is 1. The van der Waals surface area contributed by atoms with Gasteiger partial charge in [-0.2, -0.15) is 0 Å². The van der Waals surface area contributed by atoms with Crippen LogP contribution in [0.1, 0.15) is 133 Å². The van der Waals surface area contributed by atoms with Crippen LogP contribution in [0.25, 0.3) is 0 Å². The molecule has 0 bridgehead atoms. The number of Topliss-reactive ketones (excluding diaryl/α,β-unsaturated/α-hetero) is 1. The fourth-order valence-corrected chi connectivity index (χ4v) is 12.3. The van der Waals surface area contributed by atoms with E-state index < -0.39 is 13.7 Å². The minimum absolute atomic E-state index is 0.0599. The number of ketones is 1. The zero-order valence-corrected chi connectivity index (χ0v) is 30.9. The molecule has 0 amide bonds. The van der Waals surface area contributed by atoms with Crippen molar-refractivity contribution in [3.8, 4) is 0 Å². The summed E-state index contributed by atoms with van der Waals surface area (Å²) in [5.74, 6) is 1.63. The zero-order chi connectivity index (χ0) is 32.1. The summed E-state index contributed by atoms with van der Waals surface area (Å²) in [6, 6.07) is 0. The summed E-state index contributed by atoms with van der Waals surface area (Å²) in [6.07, 6.45) is 12.7. The van der Waals surface area contributed by atoms with Crippen molar-refractivity contribution in [1.82, 2.24) is 0 Å². The fourth-order valence-electron chi connectivity index (χ4n) is 11.2. The van der Waals surface area contributed by atoms with Crippen molar-refractivity contribution in [3.05, 3.63) is 11.6 Å². The number of carbonyl (C=O) groups is 2. The molecule has 0 aromatic heterocycles. The number of allylic oxidation sites excluding steroid dienone is 2. The van der Waals surface area contributed by atoms with E-state index in [9.17, 15) is 9.59 Å². The minimum Gasteiger partial charge on any atom is -0.466 e. The molecule has 4 nitrogen and oxygen atoms in total. The van der Waals surface area contributed by atoms with E-state index in [0.717, 1.165) is 57.8 Å². The van der Waals surface area contributed by atoms with Crippen LogP contribution in [0.2, 0.25) is 18.1 Å². The van der Waals surface area contributed by atoms with Crippen LogP contribution in [-0.4, -0.2) is 33.3 Å². The second-order valence-electron chi connectivity index (χ2n) is 19.0. The van der Waals surface area contributed by atoms with Crippen molar-refractivity contribution < 1.29 is 18.8 Å². The number of rotatable bonds is 5. The molecular weight excluding hydrogens is 549 g/mol. The highest BCUT2D eigenvalue weighted by Crippen LogP contribution is 2.75. The van der Waals surface area contributed by atoms with E-state index in [4.69, 9.17) is 9.16 Å². The van der Waals surface area contributed by atoms with Crippen molar-refractivity contribution in [2.75, 3.05) is 13.2 Å². The summed E-state index contributed by atoms with van der Waals surface area (Å²) in [6.45, 7) is 29.3. The van der Waals surface area contributed by atoms with Gasteiger partial charge in [0.1, 0.15) is 5.78 Å². The maximum absolute atomic E-state index is 13.9.